The number of ketones is 1. The summed E-state index contributed by atoms with van der Waals surface area (Å²) in [6.45, 7) is -0.761. The van der Waals surface area contributed by atoms with Crippen LogP contribution in [0.5, 0.6) is 0 Å². The van der Waals surface area contributed by atoms with Crippen molar-refractivity contribution in [2.24, 2.45) is 11.8 Å². The van der Waals surface area contributed by atoms with Crippen LogP contribution in [0.4, 0.5) is 11.4 Å². The number of amides is 3. The summed E-state index contributed by atoms with van der Waals surface area (Å²) in [6, 6.07) is 9.36. The van der Waals surface area contributed by atoms with Crippen LogP contribution in [-0.4, -0.2) is 59.6 Å². The molecule has 14 heteroatoms. The van der Waals surface area contributed by atoms with Gasteiger partial charge in [0.05, 0.1) is 21.7 Å². The van der Waals surface area contributed by atoms with Gasteiger partial charge in [0.2, 0.25) is 0 Å². The van der Waals surface area contributed by atoms with Crippen molar-refractivity contribution in [1.82, 2.24) is 10.0 Å². The molecule has 1 heterocycles. The molecule has 3 amide bonds. The third-order valence-corrected chi connectivity index (χ3v) is 9.09. The Hall–Kier alpha value is -3.52. The zero-order chi connectivity index (χ0) is 27.0. The first-order valence-corrected chi connectivity index (χ1v) is 12.8. The van der Waals surface area contributed by atoms with Crippen molar-refractivity contribution >= 4 is 66.7 Å². The highest BCUT2D eigenvalue weighted by Crippen LogP contribution is 2.43. The monoisotopic (exact) mass is 636 g/mol. The van der Waals surface area contributed by atoms with Gasteiger partial charge < -0.3 is 0 Å². The average molecular weight is 638 g/mol. The number of rotatable bonds is 7. The van der Waals surface area contributed by atoms with E-state index in [1.807, 2.05) is 0 Å². The van der Waals surface area contributed by atoms with Gasteiger partial charge in [0.15, 0.2) is 5.78 Å². The van der Waals surface area contributed by atoms with Gasteiger partial charge in [-0.3, -0.25) is 39.4 Å². The van der Waals surface area contributed by atoms with Crippen molar-refractivity contribution in [2.45, 2.75) is 22.5 Å². The molecule has 0 unspecified atom stereocenters. The van der Waals surface area contributed by atoms with Gasteiger partial charge in [-0.1, -0.05) is 44.0 Å². The van der Waals surface area contributed by atoms with Crippen LogP contribution in [0.15, 0.2) is 48.5 Å². The molecule has 0 spiro atoms. The molecule has 4 rings (SSSR count). The van der Waals surface area contributed by atoms with Crippen LogP contribution >= 0.6 is 31.9 Å². The third kappa shape index (κ3) is 5.16. The maximum atomic E-state index is 13.5. The van der Waals surface area contributed by atoms with Gasteiger partial charge in [-0.2, -0.15) is 5.01 Å². The molecule has 0 aromatic heterocycles. The summed E-state index contributed by atoms with van der Waals surface area (Å²) in [5.41, 5.74) is -0.801. The molecule has 0 bridgehead atoms. The van der Waals surface area contributed by atoms with E-state index in [1.54, 1.807) is 0 Å². The largest absolute Gasteiger partial charge is 0.292 e. The predicted molar refractivity (Wildman–Crippen MR) is 135 cm³/mol. The number of carbonyl (C=O) groups excluding carboxylic acids is 4. The van der Waals surface area contributed by atoms with Crippen LogP contribution in [0.25, 0.3) is 0 Å². The molecule has 2 fully saturated rings. The van der Waals surface area contributed by atoms with Crippen molar-refractivity contribution in [3.8, 4) is 0 Å². The number of halogens is 2. The Kier molecular flexibility index (Phi) is 7.50. The number of nitro benzene ring substituents is 2. The Balaban J connectivity index is 1.71. The molecular formula is C23H18Br2N4O8. The normalized spacial score (nSPS) is 22.9. The summed E-state index contributed by atoms with van der Waals surface area (Å²) in [6.07, 6.45) is 0.667. The van der Waals surface area contributed by atoms with E-state index in [2.05, 4.69) is 31.9 Å². The number of Topliss-reactive ketones (excluding diaryl/α,β-unsaturated/α-hetero) is 1. The van der Waals surface area contributed by atoms with Crippen LogP contribution in [0.1, 0.15) is 33.6 Å². The van der Waals surface area contributed by atoms with Crippen LogP contribution in [0.3, 0.4) is 0 Å². The molecule has 1 aliphatic carbocycles. The van der Waals surface area contributed by atoms with Gasteiger partial charge in [0, 0.05) is 45.0 Å². The maximum absolute atomic E-state index is 13.5. The van der Waals surface area contributed by atoms with Crippen LogP contribution in [0.2, 0.25) is 0 Å². The van der Waals surface area contributed by atoms with E-state index >= 15 is 0 Å². The molecule has 2 aliphatic rings. The van der Waals surface area contributed by atoms with Gasteiger partial charge in [-0.05, 0) is 25.0 Å². The molecule has 37 heavy (non-hydrogen) atoms. The highest BCUT2D eigenvalue weighted by atomic mass is 79.9. The van der Waals surface area contributed by atoms with E-state index in [0.29, 0.717) is 17.9 Å². The Labute approximate surface area is 226 Å². The lowest BCUT2D eigenvalue weighted by molar-refractivity contribution is -0.385. The highest BCUT2D eigenvalue weighted by molar-refractivity contribution is 9.12. The molecule has 1 saturated heterocycles. The Morgan fingerprint density at radius 1 is 0.865 bits per heavy atom. The fraction of sp³-hybridized carbons (Fsp3) is 0.304. The lowest BCUT2D eigenvalue weighted by atomic mass is 9.81. The molecule has 192 valence electrons. The van der Waals surface area contributed by atoms with E-state index in [4.69, 9.17) is 0 Å². The first-order valence-electron chi connectivity index (χ1n) is 11.0. The van der Waals surface area contributed by atoms with Gasteiger partial charge in [0.1, 0.15) is 6.54 Å². The summed E-state index contributed by atoms with van der Waals surface area (Å²) < 4.78 is 0. The van der Waals surface area contributed by atoms with Gasteiger partial charge in [0.25, 0.3) is 29.1 Å². The quantitative estimate of drug-likeness (QED) is 0.146. The smallest absolute Gasteiger partial charge is 0.273 e. The number of nitro groups is 2. The summed E-state index contributed by atoms with van der Waals surface area (Å²) in [4.78, 5) is 74.0. The number of fused-ring (bicyclic) bond motifs is 1. The maximum Gasteiger partial charge on any atom is 0.273 e. The minimum Gasteiger partial charge on any atom is -0.292 e. The summed E-state index contributed by atoms with van der Waals surface area (Å²) >= 11 is 6.99. The van der Waals surface area contributed by atoms with Crippen molar-refractivity contribution in [1.29, 1.82) is 0 Å². The number of hydrogen-bond acceptors (Lipinski definition) is 8. The average Bonchev–Trinajstić information content (AvgIpc) is 3.11. The van der Waals surface area contributed by atoms with Crippen LogP contribution in [-0.2, 0) is 9.59 Å². The van der Waals surface area contributed by atoms with E-state index in [1.165, 1.54) is 18.2 Å². The predicted octanol–water partition coefficient (Wildman–Crippen LogP) is 3.67. The molecule has 0 radical (unpaired) electrons. The van der Waals surface area contributed by atoms with Crippen molar-refractivity contribution in [2.75, 3.05) is 6.54 Å². The van der Waals surface area contributed by atoms with Crippen LogP contribution < -0.4 is 0 Å². The number of hydrazine groups is 1. The number of carbonyl (C=O) groups is 4. The van der Waals surface area contributed by atoms with Crippen LogP contribution in [0, 0.1) is 32.1 Å². The molecule has 2 aromatic carbocycles. The topological polar surface area (TPSA) is 161 Å². The van der Waals surface area contributed by atoms with Crippen molar-refractivity contribution in [3.63, 3.8) is 0 Å². The molecule has 1 saturated carbocycles. The lowest BCUT2D eigenvalue weighted by Crippen LogP contribution is -2.52. The molecule has 4 atom stereocenters. The second-order valence-corrected chi connectivity index (χ2v) is 11.0. The molecule has 0 N–H and O–H groups in total. The molecule has 1 aliphatic heterocycles. The van der Waals surface area contributed by atoms with Gasteiger partial charge in [-0.25, -0.2) is 5.01 Å². The number of benzene rings is 2. The fourth-order valence-corrected chi connectivity index (χ4v) is 5.68. The zero-order valence-electron chi connectivity index (χ0n) is 18.9. The number of non-ortho nitro benzene ring substituents is 2. The van der Waals surface area contributed by atoms with E-state index < -0.39 is 51.7 Å². The molecule has 12 nitrogen and oxygen atoms in total. The Morgan fingerprint density at radius 3 is 1.92 bits per heavy atom. The summed E-state index contributed by atoms with van der Waals surface area (Å²) in [7, 11) is 0. The first-order chi connectivity index (χ1) is 17.5. The highest BCUT2D eigenvalue weighted by Gasteiger charge is 2.54. The first kappa shape index (κ1) is 26.5. The lowest BCUT2D eigenvalue weighted by Gasteiger charge is -2.30. The number of alkyl halides is 2. The minimum absolute atomic E-state index is 0.0872. The van der Waals surface area contributed by atoms with E-state index in [9.17, 15) is 39.4 Å². The number of imide groups is 1. The Morgan fingerprint density at radius 2 is 1.41 bits per heavy atom. The molecule has 2 aromatic rings. The summed E-state index contributed by atoms with van der Waals surface area (Å²) in [5, 5.41) is 23.5. The Bertz CT molecular complexity index is 1290. The number of hydrogen-bond donors (Lipinski definition) is 0. The van der Waals surface area contributed by atoms with E-state index in [0.717, 1.165) is 35.3 Å². The van der Waals surface area contributed by atoms with Gasteiger partial charge in [-0.15, -0.1) is 0 Å². The number of nitrogens with zero attached hydrogens (tertiary/aromatic N) is 4. The fourth-order valence-electron chi connectivity index (χ4n) is 4.44. The van der Waals surface area contributed by atoms with Gasteiger partial charge >= 0.3 is 0 Å². The van der Waals surface area contributed by atoms with E-state index in [-0.39, 0.29) is 32.2 Å². The molecular weight excluding hydrogens is 620 g/mol. The zero-order valence-corrected chi connectivity index (χ0v) is 22.0. The second kappa shape index (κ2) is 10.5. The third-order valence-electron chi connectivity index (χ3n) is 6.36. The standard InChI is InChI=1S/C23H18Br2N4O8/c24-18-9-16-17(10-19(18)25)23(33)27(22(16)32)26(21(31)12-4-6-14(7-5-12)28(34)35)11-20(30)13-2-1-3-15(8-13)29(36)37/h1-8,16-19H,9-11H2/t16-,17+,18-,19-/m0/s1. The second-order valence-electron chi connectivity index (χ2n) is 8.60. The summed E-state index contributed by atoms with van der Waals surface area (Å²) in [5.74, 6) is -4.33. The SMILES string of the molecule is O=C(CN(C(=O)c1ccc([N+](=O)[O-])cc1)N1C(=O)[C@H]2C[C@H](Br)[C@@H](Br)C[C@H]2C1=O)c1cccc([N+](=O)[O-])c1. The minimum atomic E-state index is -0.903. The van der Waals surface area contributed by atoms with Crippen molar-refractivity contribution in [3.05, 3.63) is 79.9 Å². The van der Waals surface area contributed by atoms with Crippen molar-refractivity contribution < 1.29 is 29.0 Å².